The van der Waals surface area contributed by atoms with Crippen molar-refractivity contribution in [1.29, 1.82) is 0 Å². The average molecular weight is 351 g/mol. The number of rotatable bonds is 6. The number of carbonyl (C=O) groups is 1. The maximum absolute atomic E-state index is 12.0. The van der Waals surface area contributed by atoms with Crippen LogP contribution in [0.25, 0.3) is 11.4 Å². The molecule has 26 heavy (non-hydrogen) atoms. The van der Waals surface area contributed by atoms with Crippen LogP contribution in [-0.4, -0.2) is 22.7 Å². The van der Waals surface area contributed by atoms with Crippen LogP contribution in [0.3, 0.4) is 0 Å². The smallest absolute Gasteiger partial charge is 0.258 e. The van der Waals surface area contributed by atoms with Crippen molar-refractivity contribution in [3.05, 3.63) is 65.0 Å². The van der Waals surface area contributed by atoms with E-state index in [1.54, 1.807) is 0 Å². The summed E-state index contributed by atoms with van der Waals surface area (Å²) in [5.74, 6) is 1.31. The number of ether oxygens (including phenoxy) is 1. The Balaban J connectivity index is 1.52. The first-order chi connectivity index (χ1) is 12.5. The third kappa shape index (κ3) is 4.47. The number of benzene rings is 2. The van der Waals surface area contributed by atoms with Crippen LogP contribution in [0, 0.1) is 20.8 Å². The number of amides is 1. The summed E-state index contributed by atoms with van der Waals surface area (Å²) in [5, 5.41) is 6.66. The summed E-state index contributed by atoms with van der Waals surface area (Å²) >= 11 is 0. The normalized spacial score (nSPS) is 10.6. The number of aromatic nitrogens is 2. The molecule has 1 N–H and O–H groups in total. The SMILES string of the molecule is Cc1ccc(-c2noc(CNC(=O)COc3cc(C)ccc3C)n2)cc1. The van der Waals surface area contributed by atoms with E-state index in [4.69, 9.17) is 9.26 Å². The van der Waals surface area contributed by atoms with Crippen LogP contribution >= 0.6 is 0 Å². The van der Waals surface area contributed by atoms with Gasteiger partial charge in [-0.3, -0.25) is 4.79 Å². The minimum absolute atomic E-state index is 0.0662. The van der Waals surface area contributed by atoms with Crippen LogP contribution in [0.1, 0.15) is 22.6 Å². The van der Waals surface area contributed by atoms with Crippen molar-refractivity contribution in [3.8, 4) is 17.1 Å². The zero-order valence-electron chi connectivity index (χ0n) is 15.1. The molecule has 3 rings (SSSR count). The first kappa shape index (κ1) is 17.7. The molecule has 1 aromatic heterocycles. The van der Waals surface area contributed by atoms with Gasteiger partial charge in [0.1, 0.15) is 5.75 Å². The highest BCUT2D eigenvalue weighted by Gasteiger charge is 2.10. The summed E-state index contributed by atoms with van der Waals surface area (Å²) in [6.07, 6.45) is 0. The highest BCUT2D eigenvalue weighted by Crippen LogP contribution is 2.19. The average Bonchev–Trinajstić information content (AvgIpc) is 3.10. The molecule has 0 aliphatic heterocycles. The Hall–Kier alpha value is -3.15. The molecular formula is C20H21N3O3. The van der Waals surface area contributed by atoms with Gasteiger partial charge in [-0.25, -0.2) is 0 Å². The van der Waals surface area contributed by atoms with Crippen molar-refractivity contribution in [3.63, 3.8) is 0 Å². The van der Waals surface area contributed by atoms with E-state index >= 15 is 0 Å². The van der Waals surface area contributed by atoms with Crippen molar-refractivity contribution in [2.45, 2.75) is 27.3 Å². The van der Waals surface area contributed by atoms with E-state index in [0.29, 0.717) is 17.5 Å². The van der Waals surface area contributed by atoms with Crippen molar-refractivity contribution >= 4 is 5.91 Å². The second-order valence-corrected chi connectivity index (χ2v) is 6.21. The van der Waals surface area contributed by atoms with Gasteiger partial charge in [-0.1, -0.05) is 47.1 Å². The van der Waals surface area contributed by atoms with Crippen molar-refractivity contribution in [2.75, 3.05) is 6.61 Å². The molecule has 0 aliphatic carbocycles. The zero-order chi connectivity index (χ0) is 18.5. The van der Waals surface area contributed by atoms with Crippen molar-refractivity contribution in [1.82, 2.24) is 15.5 Å². The maximum atomic E-state index is 12.0. The number of nitrogens with zero attached hydrogens (tertiary/aromatic N) is 2. The van der Waals surface area contributed by atoms with Crippen LogP contribution in [-0.2, 0) is 11.3 Å². The van der Waals surface area contributed by atoms with Gasteiger partial charge >= 0.3 is 0 Å². The number of aryl methyl sites for hydroxylation is 3. The van der Waals surface area contributed by atoms with Gasteiger partial charge in [0, 0.05) is 5.56 Å². The minimum Gasteiger partial charge on any atom is -0.483 e. The molecule has 0 saturated heterocycles. The molecule has 3 aromatic rings. The summed E-state index contributed by atoms with van der Waals surface area (Å²) in [6, 6.07) is 13.7. The summed E-state index contributed by atoms with van der Waals surface area (Å²) in [7, 11) is 0. The fraction of sp³-hybridized carbons (Fsp3) is 0.250. The van der Waals surface area contributed by atoms with Crippen LogP contribution in [0.5, 0.6) is 5.75 Å². The van der Waals surface area contributed by atoms with E-state index in [2.05, 4.69) is 15.5 Å². The molecule has 0 aliphatic rings. The number of hydrogen-bond acceptors (Lipinski definition) is 5. The third-order valence-electron chi connectivity index (χ3n) is 3.92. The lowest BCUT2D eigenvalue weighted by Gasteiger charge is -2.09. The number of hydrogen-bond donors (Lipinski definition) is 1. The van der Waals surface area contributed by atoms with Crippen molar-refractivity contribution in [2.24, 2.45) is 0 Å². The van der Waals surface area contributed by atoms with E-state index in [1.165, 1.54) is 0 Å². The van der Waals surface area contributed by atoms with Crippen LogP contribution in [0.4, 0.5) is 0 Å². The van der Waals surface area contributed by atoms with Gasteiger partial charge in [0.2, 0.25) is 11.7 Å². The summed E-state index contributed by atoms with van der Waals surface area (Å²) in [4.78, 5) is 16.3. The molecule has 2 aromatic carbocycles. The standard InChI is InChI=1S/C20H21N3O3/c1-13-5-8-16(9-6-13)20-22-19(26-23-20)11-21-18(24)12-25-17-10-14(2)4-7-15(17)3/h4-10H,11-12H2,1-3H3,(H,21,24). The number of carbonyl (C=O) groups excluding carboxylic acids is 1. The van der Waals surface area contributed by atoms with Gasteiger partial charge in [-0.15, -0.1) is 0 Å². The lowest BCUT2D eigenvalue weighted by molar-refractivity contribution is -0.123. The summed E-state index contributed by atoms with van der Waals surface area (Å²) in [5.41, 5.74) is 4.10. The highest BCUT2D eigenvalue weighted by molar-refractivity contribution is 5.77. The van der Waals surface area contributed by atoms with Crippen molar-refractivity contribution < 1.29 is 14.1 Å². The molecule has 1 amide bonds. The molecule has 0 radical (unpaired) electrons. The van der Waals surface area contributed by atoms with Gasteiger partial charge < -0.3 is 14.6 Å². The van der Waals surface area contributed by atoms with E-state index in [9.17, 15) is 4.79 Å². The van der Waals surface area contributed by atoms with Gasteiger partial charge in [-0.2, -0.15) is 4.98 Å². The monoisotopic (exact) mass is 351 g/mol. The van der Waals surface area contributed by atoms with Crippen LogP contribution in [0.2, 0.25) is 0 Å². The Morgan fingerprint density at radius 3 is 2.58 bits per heavy atom. The van der Waals surface area contributed by atoms with E-state index in [0.717, 1.165) is 22.3 Å². The Bertz CT molecular complexity index is 901. The molecule has 0 saturated carbocycles. The highest BCUT2D eigenvalue weighted by atomic mass is 16.5. The third-order valence-corrected chi connectivity index (χ3v) is 3.92. The molecule has 0 atom stereocenters. The van der Waals surface area contributed by atoms with Gasteiger partial charge in [0.25, 0.3) is 5.91 Å². The topological polar surface area (TPSA) is 77.2 Å². The van der Waals surface area contributed by atoms with Crippen LogP contribution < -0.4 is 10.1 Å². The van der Waals surface area contributed by atoms with E-state index < -0.39 is 0 Å². The fourth-order valence-electron chi connectivity index (χ4n) is 2.38. The Morgan fingerprint density at radius 2 is 1.81 bits per heavy atom. The zero-order valence-corrected chi connectivity index (χ0v) is 15.1. The summed E-state index contributed by atoms with van der Waals surface area (Å²) in [6.45, 7) is 6.03. The first-order valence-corrected chi connectivity index (χ1v) is 8.37. The Labute approximate surface area is 152 Å². The molecule has 134 valence electrons. The minimum atomic E-state index is -0.249. The summed E-state index contributed by atoms with van der Waals surface area (Å²) < 4.78 is 10.8. The van der Waals surface area contributed by atoms with Gasteiger partial charge in [-0.05, 0) is 38.0 Å². The van der Waals surface area contributed by atoms with Crippen LogP contribution in [0.15, 0.2) is 47.0 Å². The molecule has 0 bridgehead atoms. The molecule has 6 nitrogen and oxygen atoms in total. The van der Waals surface area contributed by atoms with E-state index in [1.807, 2.05) is 63.2 Å². The lowest BCUT2D eigenvalue weighted by Crippen LogP contribution is -2.28. The number of nitrogens with one attached hydrogen (secondary N) is 1. The predicted octanol–water partition coefficient (Wildman–Crippen LogP) is 3.36. The Kier molecular flexibility index (Phi) is 5.31. The largest absolute Gasteiger partial charge is 0.483 e. The first-order valence-electron chi connectivity index (χ1n) is 8.37. The fourth-order valence-corrected chi connectivity index (χ4v) is 2.38. The lowest BCUT2D eigenvalue weighted by atomic mass is 10.1. The molecule has 0 spiro atoms. The maximum Gasteiger partial charge on any atom is 0.258 e. The molecular weight excluding hydrogens is 330 g/mol. The van der Waals surface area contributed by atoms with Gasteiger partial charge in [0.05, 0.1) is 6.54 Å². The quantitative estimate of drug-likeness (QED) is 0.737. The Morgan fingerprint density at radius 1 is 1.08 bits per heavy atom. The molecule has 6 heteroatoms. The second-order valence-electron chi connectivity index (χ2n) is 6.21. The van der Waals surface area contributed by atoms with E-state index in [-0.39, 0.29) is 19.1 Å². The molecule has 1 heterocycles. The van der Waals surface area contributed by atoms with Gasteiger partial charge in [0.15, 0.2) is 6.61 Å². The molecule has 0 unspecified atom stereocenters. The predicted molar refractivity (Wildman–Crippen MR) is 97.7 cm³/mol. The molecule has 0 fully saturated rings. The second kappa shape index (κ2) is 7.82.